The molecule has 0 bridgehead atoms. The Kier molecular flexibility index (Phi) is 7.81. The van der Waals surface area contributed by atoms with Gasteiger partial charge in [-0.1, -0.05) is 39.5 Å². The van der Waals surface area contributed by atoms with Gasteiger partial charge in [0.1, 0.15) is 17.2 Å². The zero-order valence-corrected chi connectivity index (χ0v) is 12.6. The molecule has 0 saturated carbocycles. The van der Waals surface area contributed by atoms with Crippen molar-refractivity contribution >= 4 is 17.6 Å². The first-order chi connectivity index (χ1) is 8.72. The molecule has 0 aliphatic rings. The summed E-state index contributed by atoms with van der Waals surface area (Å²) >= 11 is 1.64. The highest BCUT2D eigenvalue weighted by Gasteiger charge is 1.97. The summed E-state index contributed by atoms with van der Waals surface area (Å²) in [5.41, 5.74) is 0. The molecule has 1 N–H and O–H groups in total. The van der Waals surface area contributed by atoms with Crippen LogP contribution in [0, 0.1) is 5.92 Å². The molecule has 0 fully saturated rings. The minimum atomic E-state index is 0.842. The molecule has 0 radical (unpaired) electrons. The van der Waals surface area contributed by atoms with Crippen molar-refractivity contribution in [3.8, 4) is 0 Å². The fraction of sp³-hybridized carbons (Fsp3) is 0.714. The molecule has 102 valence electrons. The summed E-state index contributed by atoms with van der Waals surface area (Å²) in [4.78, 5) is 8.36. The quantitative estimate of drug-likeness (QED) is 0.413. The average Bonchev–Trinajstić information content (AvgIpc) is 2.37. The number of aromatic nitrogens is 2. The van der Waals surface area contributed by atoms with Gasteiger partial charge in [0.2, 0.25) is 0 Å². The van der Waals surface area contributed by atoms with Crippen LogP contribution in [0.4, 0.5) is 5.82 Å². The van der Waals surface area contributed by atoms with E-state index in [0.717, 1.165) is 23.3 Å². The average molecular weight is 267 g/mol. The van der Waals surface area contributed by atoms with Crippen LogP contribution in [0.15, 0.2) is 17.4 Å². The lowest BCUT2D eigenvalue weighted by molar-refractivity contribution is 0.523. The fourth-order valence-corrected chi connectivity index (χ4v) is 2.18. The Bertz CT molecular complexity index is 329. The topological polar surface area (TPSA) is 37.8 Å². The van der Waals surface area contributed by atoms with E-state index in [0.29, 0.717) is 0 Å². The van der Waals surface area contributed by atoms with Gasteiger partial charge < -0.3 is 5.32 Å². The van der Waals surface area contributed by atoms with Gasteiger partial charge in [0.15, 0.2) is 0 Å². The van der Waals surface area contributed by atoms with Gasteiger partial charge in [0.25, 0.3) is 0 Å². The van der Waals surface area contributed by atoms with Crippen LogP contribution in [0.3, 0.4) is 0 Å². The van der Waals surface area contributed by atoms with Crippen LogP contribution in [0.5, 0.6) is 0 Å². The molecule has 0 aromatic carbocycles. The van der Waals surface area contributed by atoms with Crippen LogP contribution < -0.4 is 5.32 Å². The number of rotatable bonds is 9. The largest absolute Gasteiger partial charge is 0.370 e. The number of hydrogen-bond donors (Lipinski definition) is 1. The normalized spacial score (nSPS) is 10.9. The zero-order chi connectivity index (χ0) is 13.2. The minimum Gasteiger partial charge on any atom is -0.370 e. The smallest absolute Gasteiger partial charge is 0.130 e. The second-order valence-electron chi connectivity index (χ2n) is 4.97. The number of hydrogen-bond acceptors (Lipinski definition) is 4. The standard InChI is InChI=1S/C14H25N3S/c1-12(2)8-6-4-5-7-9-15-13-10-14(18-3)17-11-16-13/h10-12H,4-9H2,1-3H3,(H,15,16,17). The van der Waals surface area contributed by atoms with E-state index in [1.807, 2.05) is 12.3 Å². The molecule has 3 nitrogen and oxygen atoms in total. The van der Waals surface area contributed by atoms with Gasteiger partial charge >= 0.3 is 0 Å². The van der Waals surface area contributed by atoms with Gasteiger partial charge in [0, 0.05) is 12.6 Å². The van der Waals surface area contributed by atoms with Crippen molar-refractivity contribution in [2.24, 2.45) is 5.92 Å². The van der Waals surface area contributed by atoms with E-state index in [9.17, 15) is 0 Å². The molecule has 1 heterocycles. The molecule has 4 heteroatoms. The van der Waals surface area contributed by atoms with Gasteiger partial charge in [0.05, 0.1) is 0 Å². The maximum Gasteiger partial charge on any atom is 0.130 e. The van der Waals surface area contributed by atoms with Crippen molar-refractivity contribution in [1.29, 1.82) is 0 Å². The van der Waals surface area contributed by atoms with Crippen LogP contribution in [-0.4, -0.2) is 22.8 Å². The number of nitrogens with zero attached hydrogens (tertiary/aromatic N) is 2. The molecule has 1 aromatic heterocycles. The number of nitrogens with one attached hydrogen (secondary N) is 1. The molecule has 1 aromatic rings. The summed E-state index contributed by atoms with van der Waals surface area (Å²) in [5, 5.41) is 4.37. The molecule has 0 unspecified atom stereocenters. The Balaban J connectivity index is 2.06. The van der Waals surface area contributed by atoms with Crippen LogP contribution in [0.1, 0.15) is 46.0 Å². The lowest BCUT2D eigenvalue weighted by atomic mass is 10.0. The molecular formula is C14H25N3S. The Labute approximate surface area is 115 Å². The van der Waals surface area contributed by atoms with E-state index < -0.39 is 0 Å². The van der Waals surface area contributed by atoms with Crippen molar-refractivity contribution in [1.82, 2.24) is 9.97 Å². The Hall–Kier alpha value is -0.770. The first-order valence-corrected chi connectivity index (χ1v) is 8.04. The van der Waals surface area contributed by atoms with Gasteiger partial charge in [-0.2, -0.15) is 0 Å². The maximum absolute atomic E-state index is 4.21. The SMILES string of the molecule is CSc1cc(NCCCCCCC(C)C)ncn1. The van der Waals surface area contributed by atoms with Crippen LogP contribution in [0.2, 0.25) is 0 Å². The molecular weight excluding hydrogens is 242 g/mol. The van der Waals surface area contributed by atoms with Gasteiger partial charge in [-0.25, -0.2) is 9.97 Å². The van der Waals surface area contributed by atoms with Crippen LogP contribution >= 0.6 is 11.8 Å². The van der Waals surface area contributed by atoms with E-state index in [4.69, 9.17) is 0 Å². The van der Waals surface area contributed by atoms with Crippen molar-refractivity contribution in [2.75, 3.05) is 18.1 Å². The number of thioether (sulfide) groups is 1. The Morgan fingerprint density at radius 3 is 2.67 bits per heavy atom. The predicted molar refractivity (Wildman–Crippen MR) is 80.2 cm³/mol. The van der Waals surface area contributed by atoms with Crippen molar-refractivity contribution in [3.05, 3.63) is 12.4 Å². The maximum atomic E-state index is 4.21. The van der Waals surface area contributed by atoms with Crippen LogP contribution in [0.25, 0.3) is 0 Å². The molecule has 0 amide bonds. The summed E-state index contributed by atoms with van der Waals surface area (Å²) in [5.74, 6) is 1.78. The summed E-state index contributed by atoms with van der Waals surface area (Å²) < 4.78 is 0. The van der Waals surface area contributed by atoms with Gasteiger partial charge in [-0.05, 0) is 18.6 Å². The summed E-state index contributed by atoms with van der Waals surface area (Å²) in [6.45, 7) is 5.59. The third-order valence-electron chi connectivity index (χ3n) is 2.87. The van der Waals surface area contributed by atoms with E-state index in [2.05, 4.69) is 29.1 Å². The van der Waals surface area contributed by atoms with E-state index in [1.54, 1.807) is 18.1 Å². The molecule has 1 rings (SSSR count). The van der Waals surface area contributed by atoms with Crippen molar-refractivity contribution in [3.63, 3.8) is 0 Å². The second kappa shape index (κ2) is 9.20. The molecule has 0 atom stereocenters. The summed E-state index contributed by atoms with van der Waals surface area (Å²) in [7, 11) is 0. The Morgan fingerprint density at radius 1 is 1.17 bits per heavy atom. The minimum absolute atomic E-state index is 0.842. The molecule has 0 aliphatic heterocycles. The molecule has 0 aliphatic carbocycles. The van der Waals surface area contributed by atoms with E-state index in [1.165, 1.54) is 32.1 Å². The molecule has 18 heavy (non-hydrogen) atoms. The van der Waals surface area contributed by atoms with Crippen LogP contribution in [-0.2, 0) is 0 Å². The lowest BCUT2D eigenvalue weighted by Crippen LogP contribution is -2.03. The monoisotopic (exact) mass is 267 g/mol. The number of anilines is 1. The highest BCUT2D eigenvalue weighted by molar-refractivity contribution is 7.98. The zero-order valence-electron chi connectivity index (χ0n) is 11.8. The van der Waals surface area contributed by atoms with E-state index in [-0.39, 0.29) is 0 Å². The fourth-order valence-electron chi connectivity index (χ4n) is 1.80. The number of unbranched alkanes of at least 4 members (excludes halogenated alkanes) is 3. The lowest BCUT2D eigenvalue weighted by Gasteiger charge is -2.06. The Morgan fingerprint density at radius 2 is 1.94 bits per heavy atom. The van der Waals surface area contributed by atoms with E-state index >= 15 is 0 Å². The highest BCUT2D eigenvalue weighted by atomic mass is 32.2. The summed E-state index contributed by atoms with van der Waals surface area (Å²) in [6, 6.07) is 2.00. The van der Waals surface area contributed by atoms with Crippen molar-refractivity contribution in [2.45, 2.75) is 51.0 Å². The first kappa shape index (κ1) is 15.3. The van der Waals surface area contributed by atoms with Gasteiger partial charge in [-0.15, -0.1) is 11.8 Å². The highest BCUT2D eigenvalue weighted by Crippen LogP contribution is 2.14. The molecule has 0 spiro atoms. The van der Waals surface area contributed by atoms with Gasteiger partial charge in [-0.3, -0.25) is 0 Å². The summed E-state index contributed by atoms with van der Waals surface area (Å²) in [6.07, 6.45) is 10.2. The predicted octanol–water partition coefficient (Wildman–Crippen LogP) is 4.22. The third kappa shape index (κ3) is 6.84. The second-order valence-corrected chi connectivity index (χ2v) is 5.80. The third-order valence-corrected chi connectivity index (χ3v) is 3.51. The van der Waals surface area contributed by atoms with Crippen molar-refractivity contribution < 1.29 is 0 Å². The molecule has 0 saturated heterocycles. The first-order valence-electron chi connectivity index (χ1n) is 6.82.